The van der Waals surface area contributed by atoms with Crippen LogP contribution in [-0.2, 0) is 4.74 Å². The SMILES string of the molecule is CCC(C)COC(=O)c1ccc([SiH](C)C)cc1. The van der Waals surface area contributed by atoms with E-state index >= 15 is 0 Å². The van der Waals surface area contributed by atoms with Crippen molar-refractivity contribution < 1.29 is 9.53 Å². The van der Waals surface area contributed by atoms with Crippen molar-refractivity contribution in [2.24, 2.45) is 5.92 Å². The van der Waals surface area contributed by atoms with Gasteiger partial charge in [0.25, 0.3) is 0 Å². The molecule has 0 saturated carbocycles. The smallest absolute Gasteiger partial charge is 0.338 e. The van der Waals surface area contributed by atoms with Crippen LogP contribution in [0.2, 0.25) is 13.1 Å². The molecule has 0 amide bonds. The fraction of sp³-hybridized carbons (Fsp3) is 0.500. The van der Waals surface area contributed by atoms with Gasteiger partial charge >= 0.3 is 5.97 Å². The summed E-state index contributed by atoms with van der Waals surface area (Å²) in [6.45, 7) is 9.24. The van der Waals surface area contributed by atoms with Crippen LogP contribution in [0.15, 0.2) is 24.3 Å². The maximum Gasteiger partial charge on any atom is 0.338 e. The first kappa shape index (κ1) is 14.0. The van der Waals surface area contributed by atoms with Gasteiger partial charge in [0.15, 0.2) is 0 Å². The van der Waals surface area contributed by atoms with Crippen molar-refractivity contribution in [3.8, 4) is 0 Å². The molecule has 1 rings (SSSR count). The minimum Gasteiger partial charge on any atom is -0.462 e. The molecule has 0 aliphatic heterocycles. The molecule has 0 aliphatic carbocycles. The molecule has 0 fully saturated rings. The number of hydrogen-bond donors (Lipinski definition) is 0. The van der Waals surface area contributed by atoms with E-state index in [0.29, 0.717) is 18.1 Å². The third-order valence-corrected chi connectivity index (χ3v) is 4.73. The van der Waals surface area contributed by atoms with Crippen LogP contribution >= 0.6 is 0 Å². The van der Waals surface area contributed by atoms with Crippen LogP contribution in [-0.4, -0.2) is 21.4 Å². The van der Waals surface area contributed by atoms with Crippen LogP contribution in [0.25, 0.3) is 0 Å². The van der Waals surface area contributed by atoms with E-state index in [1.165, 1.54) is 5.19 Å². The van der Waals surface area contributed by atoms with Gasteiger partial charge in [-0.2, -0.15) is 0 Å². The van der Waals surface area contributed by atoms with Crippen molar-refractivity contribution in [1.29, 1.82) is 0 Å². The minimum absolute atomic E-state index is 0.206. The molecule has 0 saturated heterocycles. The van der Waals surface area contributed by atoms with Crippen LogP contribution < -0.4 is 5.19 Å². The van der Waals surface area contributed by atoms with Gasteiger partial charge in [0.2, 0.25) is 0 Å². The molecule has 94 valence electrons. The molecule has 1 atom stereocenters. The van der Waals surface area contributed by atoms with E-state index in [-0.39, 0.29) is 5.97 Å². The van der Waals surface area contributed by atoms with Gasteiger partial charge < -0.3 is 4.74 Å². The van der Waals surface area contributed by atoms with Gasteiger partial charge in [-0.1, -0.05) is 50.7 Å². The standard InChI is InChI=1S/C14H22O2Si/c1-5-11(2)10-16-14(15)12-6-8-13(9-7-12)17(3)4/h6-9,11,17H,5,10H2,1-4H3. The minimum atomic E-state index is -0.770. The van der Waals surface area contributed by atoms with Crippen molar-refractivity contribution in [3.05, 3.63) is 29.8 Å². The molecule has 0 aromatic heterocycles. The van der Waals surface area contributed by atoms with Gasteiger partial charge in [0, 0.05) is 0 Å². The van der Waals surface area contributed by atoms with Crippen molar-refractivity contribution in [2.45, 2.75) is 33.4 Å². The topological polar surface area (TPSA) is 26.3 Å². The number of hydrogen-bond acceptors (Lipinski definition) is 2. The largest absolute Gasteiger partial charge is 0.462 e. The highest BCUT2D eigenvalue weighted by Crippen LogP contribution is 2.05. The fourth-order valence-electron chi connectivity index (χ4n) is 1.42. The zero-order chi connectivity index (χ0) is 12.8. The third-order valence-electron chi connectivity index (χ3n) is 3.01. The van der Waals surface area contributed by atoms with Crippen LogP contribution in [0.5, 0.6) is 0 Å². The van der Waals surface area contributed by atoms with Crippen molar-refractivity contribution in [3.63, 3.8) is 0 Å². The zero-order valence-electron chi connectivity index (χ0n) is 11.2. The molecule has 0 heterocycles. The maximum absolute atomic E-state index is 11.7. The first-order chi connectivity index (χ1) is 8.04. The van der Waals surface area contributed by atoms with E-state index in [4.69, 9.17) is 4.74 Å². The molecule has 0 radical (unpaired) electrons. The van der Waals surface area contributed by atoms with Gasteiger partial charge in [-0.15, -0.1) is 0 Å². The van der Waals surface area contributed by atoms with Gasteiger partial charge in [-0.05, 0) is 18.1 Å². The lowest BCUT2D eigenvalue weighted by atomic mass is 10.1. The average Bonchev–Trinajstić information content (AvgIpc) is 2.35. The number of benzene rings is 1. The van der Waals surface area contributed by atoms with Crippen molar-refractivity contribution >= 4 is 20.0 Å². The highest BCUT2D eigenvalue weighted by Gasteiger charge is 2.09. The Morgan fingerprint density at radius 3 is 2.35 bits per heavy atom. The summed E-state index contributed by atoms with van der Waals surface area (Å²) in [7, 11) is -0.770. The highest BCUT2D eigenvalue weighted by atomic mass is 28.3. The molecule has 1 unspecified atom stereocenters. The lowest BCUT2D eigenvalue weighted by Crippen LogP contribution is -2.22. The Balaban J connectivity index is 2.58. The second-order valence-electron chi connectivity index (χ2n) is 4.89. The summed E-state index contributed by atoms with van der Waals surface area (Å²) < 4.78 is 5.25. The predicted octanol–water partition coefficient (Wildman–Crippen LogP) is 2.58. The molecule has 2 nitrogen and oxygen atoms in total. The third kappa shape index (κ3) is 4.34. The molecule has 0 aliphatic rings. The first-order valence-corrected chi connectivity index (χ1v) is 9.20. The summed E-state index contributed by atoms with van der Waals surface area (Å²) in [6, 6.07) is 7.86. The van der Waals surface area contributed by atoms with Crippen LogP contribution in [0.3, 0.4) is 0 Å². The quantitative estimate of drug-likeness (QED) is 0.593. The Hall–Kier alpha value is -1.09. The van der Waals surface area contributed by atoms with Gasteiger partial charge in [-0.25, -0.2) is 4.79 Å². The maximum atomic E-state index is 11.7. The number of ether oxygens (including phenoxy) is 1. The summed E-state index contributed by atoms with van der Waals surface area (Å²) in [6.07, 6.45) is 1.03. The van der Waals surface area contributed by atoms with E-state index in [1.807, 2.05) is 12.1 Å². The molecular weight excluding hydrogens is 228 g/mol. The summed E-state index contributed by atoms with van der Waals surface area (Å²) in [5, 5.41) is 1.38. The summed E-state index contributed by atoms with van der Waals surface area (Å²) in [4.78, 5) is 11.7. The lowest BCUT2D eigenvalue weighted by Gasteiger charge is -2.10. The van der Waals surface area contributed by atoms with Gasteiger partial charge in [0.1, 0.15) is 0 Å². The number of carbonyl (C=O) groups excluding carboxylic acids is 1. The zero-order valence-corrected chi connectivity index (χ0v) is 12.3. The average molecular weight is 250 g/mol. The molecule has 17 heavy (non-hydrogen) atoms. The van der Waals surface area contributed by atoms with E-state index in [2.05, 4.69) is 39.1 Å². The fourth-order valence-corrected chi connectivity index (χ4v) is 2.39. The van der Waals surface area contributed by atoms with Crippen LogP contribution in [0.1, 0.15) is 30.6 Å². The van der Waals surface area contributed by atoms with E-state index in [1.54, 1.807) is 0 Å². The lowest BCUT2D eigenvalue weighted by molar-refractivity contribution is 0.0447. The first-order valence-electron chi connectivity index (χ1n) is 6.31. The second-order valence-corrected chi connectivity index (χ2v) is 7.86. The Morgan fingerprint density at radius 2 is 1.88 bits per heavy atom. The van der Waals surface area contributed by atoms with E-state index in [0.717, 1.165) is 6.42 Å². The Bertz CT molecular complexity index is 357. The summed E-state index contributed by atoms with van der Waals surface area (Å²) in [5.74, 6) is 0.226. The van der Waals surface area contributed by atoms with Crippen molar-refractivity contribution in [2.75, 3.05) is 6.61 Å². The molecule has 1 aromatic rings. The molecule has 0 N–H and O–H groups in total. The highest BCUT2D eigenvalue weighted by molar-refractivity contribution is 6.70. The van der Waals surface area contributed by atoms with Gasteiger partial charge in [-0.3, -0.25) is 0 Å². The van der Waals surface area contributed by atoms with E-state index < -0.39 is 8.80 Å². The molecule has 0 spiro atoms. The Labute approximate surface area is 106 Å². The summed E-state index contributed by atoms with van der Waals surface area (Å²) in [5.41, 5.74) is 0.659. The molecule has 1 aromatic carbocycles. The number of carbonyl (C=O) groups is 1. The normalized spacial score (nSPS) is 12.5. The predicted molar refractivity (Wildman–Crippen MR) is 74.7 cm³/mol. The number of esters is 1. The Morgan fingerprint density at radius 1 is 1.29 bits per heavy atom. The molecule has 0 bridgehead atoms. The van der Waals surface area contributed by atoms with Gasteiger partial charge in [0.05, 0.1) is 21.0 Å². The monoisotopic (exact) mass is 250 g/mol. The van der Waals surface area contributed by atoms with Crippen LogP contribution in [0.4, 0.5) is 0 Å². The van der Waals surface area contributed by atoms with Crippen LogP contribution in [0, 0.1) is 5.92 Å². The van der Waals surface area contributed by atoms with E-state index in [9.17, 15) is 4.79 Å². The molecule has 3 heteroatoms. The Kier molecular flexibility index (Phi) is 5.42. The second kappa shape index (κ2) is 6.60. The number of rotatable bonds is 5. The molecular formula is C14H22O2Si. The van der Waals surface area contributed by atoms with Crippen molar-refractivity contribution in [1.82, 2.24) is 0 Å². The summed E-state index contributed by atoms with van der Waals surface area (Å²) >= 11 is 0.